The lowest BCUT2D eigenvalue weighted by Gasteiger charge is -2.05. The number of hydrogen-bond acceptors (Lipinski definition) is 1. The highest BCUT2D eigenvalue weighted by Gasteiger charge is 2.29. The van der Waals surface area contributed by atoms with Crippen LogP contribution in [0.4, 0.5) is 13.2 Å². The number of benzene rings is 1. The number of halogens is 3. The molecule has 4 heteroatoms. The first kappa shape index (κ1) is 13.2. The van der Waals surface area contributed by atoms with Crippen molar-refractivity contribution in [3.63, 3.8) is 0 Å². The zero-order chi connectivity index (χ0) is 12.9. The van der Waals surface area contributed by atoms with E-state index in [4.69, 9.17) is 0 Å². The summed E-state index contributed by atoms with van der Waals surface area (Å²) < 4.78 is 36.8. The molecule has 0 radical (unpaired) electrons. The second-order valence-corrected chi connectivity index (χ2v) is 3.50. The van der Waals surface area contributed by atoms with Crippen molar-refractivity contribution in [2.24, 2.45) is 0 Å². The van der Waals surface area contributed by atoms with Crippen LogP contribution in [0.5, 0.6) is 0 Å². The quantitative estimate of drug-likeness (QED) is 0.445. The molecule has 1 rings (SSSR count). The highest BCUT2D eigenvalue weighted by molar-refractivity contribution is 5.68. The minimum atomic E-state index is -4.31. The van der Waals surface area contributed by atoms with Crippen molar-refractivity contribution >= 4 is 12.4 Å². The maximum Gasteiger partial charge on any atom is 0.416 e. The van der Waals surface area contributed by atoms with Gasteiger partial charge in [0.05, 0.1) is 5.56 Å². The van der Waals surface area contributed by atoms with E-state index in [0.29, 0.717) is 11.8 Å². The van der Waals surface area contributed by atoms with Gasteiger partial charge in [0.15, 0.2) is 0 Å². The third-order valence-electron chi connectivity index (χ3n) is 2.11. The Balaban J connectivity index is 2.82. The third-order valence-corrected chi connectivity index (χ3v) is 2.11. The van der Waals surface area contributed by atoms with Crippen molar-refractivity contribution in [3.8, 4) is 0 Å². The molecule has 0 amide bonds. The Morgan fingerprint density at radius 3 is 2.24 bits per heavy atom. The lowest BCUT2D eigenvalue weighted by Crippen LogP contribution is -2.03. The molecule has 0 heterocycles. The molecule has 17 heavy (non-hydrogen) atoms. The molecule has 0 N–H and O–H groups in total. The van der Waals surface area contributed by atoms with E-state index in [-0.39, 0.29) is 0 Å². The summed E-state index contributed by atoms with van der Waals surface area (Å²) in [4.78, 5) is 10.1. The van der Waals surface area contributed by atoms with E-state index in [1.807, 2.05) is 0 Å². The maximum absolute atomic E-state index is 12.3. The Morgan fingerprint density at radius 2 is 1.76 bits per heavy atom. The van der Waals surface area contributed by atoms with Crippen molar-refractivity contribution in [2.75, 3.05) is 0 Å². The number of carbonyl (C=O) groups is 1. The van der Waals surface area contributed by atoms with E-state index in [1.54, 1.807) is 19.1 Å². The zero-order valence-electron chi connectivity index (χ0n) is 9.16. The van der Waals surface area contributed by atoms with Crippen LogP contribution in [0.2, 0.25) is 0 Å². The maximum atomic E-state index is 12.3. The van der Waals surface area contributed by atoms with E-state index in [1.165, 1.54) is 18.2 Å². The van der Waals surface area contributed by atoms with Gasteiger partial charge in [-0.25, -0.2) is 0 Å². The normalized spacial score (nSPS) is 13.1. The molecule has 0 fully saturated rings. The minimum Gasteiger partial charge on any atom is -0.299 e. The van der Waals surface area contributed by atoms with Crippen LogP contribution in [0, 0.1) is 0 Å². The molecular formula is C13H11F3O. The van der Waals surface area contributed by atoms with Crippen LogP contribution in [0.1, 0.15) is 18.1 Å². The Kier molecular flexibility index (Phi) is 4.26. The molecule has 0 spiro atoms. The van der Waals surface area contributed by atoms with E-state index in [0.717, 1.165) is 17.7 Å². The fourth-order valence-corrected chi connectivity index (χ4v) is 1.17. The molecule has 0 unspecified atom stereocenters. The number of aldehydes is 1. The Labute approximate surface area is 97.3 Å². The lowest BCUT2D eigenvalue weighted by molar-refractivity contribution is -0.137. The van der Waals surface area contributed by atoms with Gasteiger partial charge < -0.3 is 0 Å². The summed E-state index contributed by atoms with van der Waals surface area (Å²) in [6.45, 7) is 1.73. The summed E-state index contributed by atoms with van der Waals surface area (Å²) in [5.74, 6) is 0. The standard InChI is InChI=1S/C13H11F3O/c1-10(8-9-17)2-3-11-4-6-12(7-5-11)13(14,15)16/h2-9H,1H3/b3-2+,10-8+. The third kappa shape index (κ3) is 4.26. The summed E-state index contributed by atoms with van der Waals surface area (Å²) in [5, 5.41) is 0. The molecule has 0 saturated carbocycles. The molecular weight excluding hydrogens is 229 g/mol. The number of allylic oxidation sites excluding steroid dienone is 3. The van der Waals surface area contributed by atoms with Gasteiger partial charge in [0.1, 0.15) is 6.29 Å². The zero-order valence-corrected chi connectivity index (χ0v) is 9.16. The average molecular weight is 240 g/mol. The van der Waals surface area contributed by atoms with E-state index >= 15 is 0 Å². The van der Waals surface area contributed by atoms with E-state index in [2.05, 4.69) is 0 Å². The minimum absolute atomic E-state index is 0.650. The van der Waals surface area contributed by atoms with Gasteiger partial charge in [-0.3, -0.25) is 4.79 Å². The van der Waals surface area contributed by atoms with Crippen molar-refractivity contribution in [2.45, 2.75) is 13.1 Å². The summed E-state index contributed by atoms with van der Waals surface area (Å²) in [6.07, 6.45) is 1.04. The topological polar surface area (TPSA) is 17.1 Å². The smallest absolute Gasteiger partial charge is 0.299 e. The highest BCUT2D eigenvalue weighted by Crippen LogP contribution is 2.29. The van der Waals surface area contributed by atoms with Crippen LogP contribution in [0.25, 0.3) is 6.08 Å². The first-order chi connectivity index (χ1) is 7.93. The van der Waals surface area contributed by atoms with Gasteiger partial charge in [0.2, 0.25) is 0 Å². The second-order valence-electron chi connectivity index (χ2n) is 3.50. The van der Waals surface area contributed by atoms with Crippen LogP contribution in [0.3, 0.4) is 0 Å². The van der Waals surface area contributed by atoms with Crippen LogP contribution in [0.15, 0.2) is 42.0 Å². The Bertz CT molecular complexity index is 439. The molecule has 1 nitrogen and oxygen atoms in total. The van der Waals surface area contributed by atoms with Gasteiger partial charge in [0.25, 0.3) is 0 Å². The molecule has 0 saturated heterocycles. The van der Waals surface area contributed by atoms with Gasteiger partial charge in [0, 0.05) is 0 Å². The largest absolute Gasteiger partial charge is 0.416 e. The summed E-state index contributed by atoms with van der Waals surface area (Å²) >= 11 is 0. The highest BCUT2D eigenvalue weighted by atomic mass is 19.4. The van der Waals surface area contributed by atoms with Crippen molar-refractivity contribution in [1.82, 2.24) is 0 Å². The number of alkyl halides is 3. The monoisotopic (exact) mass is 240 g/mol. The molecule has 0 aliphatic carbocycles. The van der Waals surface area contributed by atoms with Gasteiger partial charge in [-0.2, -0.15) is 13.2 Å². The predicted octanol–water partition coefficient (Wildman–Crippen LogP) is 3.86. The summed E-state index contributed by atoms with van der Waals surface area (Å²) in [6, 6.07) is 4.82. The fourth-order valence-electron chi connectivity index (χ4n) is 1.17. The van der Waals surface area contributed by atoms with E-state index in [9.17, 15) is 18.0 Å². The molecule has 1 aromatic rings. The molecule has 0 atom stereocenters. The van der Waals surface area contributed by atoms with E-state index < -0.39 is 11.7 Å². The molecule has 0 aliphatic heterocycles. The van der Waals surface area contributed by atoms with Crippen molar-refractivity contribution < 1.29 is 18.0 Å². The van der Waals surface area contributed by atoms with Gasteiger partial charge in [-0.1, -0.05) is 24.3 Å². The molecule has 90 valence electrons. The summed E-state index contributed by atoms with van der Waals surface area (Å²) in [5.41, 5.74) is 0.714. The predicted molar refractivity (Wildman–Crippen MR) is 60.3 cm³/mol. The molecule has 0 bridgehead atoms. The molecule has 0 aromatic heterocycles. The van der Waals surface area contributed by atoms with Crippen LogP contribution < -0.4 is 0 Å². The first-order valence-corrected chi connectivity index (χ1v) is 4.91. The van der Waals surface area contributed by atoms with Crippen molar-refractivity contribution in [1.29, 1.82) is 0 Å². The number of rotatable bonds is 3. The van der Waals surface area contributed by atoms with Crippen LogP contribution in [-0.4, -0.2) is 6.29 Å². The fraction of sp³-hybridized carbons (Fsp3) is 0.154. The summed E-state index contributed by atoms with van der Waals surface area (Å²) in [7, 11) is 0. The first-order valence-electron chi connectivity index (χ1n) is 4.91. The molecule has 0 aliphatic rings. The number of carbonyl (C=O) groups excluding carboxylic acids is 1. The Hall–Kier alpha value is -1.84. The number of hydrogen-bond donors (Lipinski definition) is 0. The van der Waals surface area contributed by atoms with Crippen LogP contribution >= 0.6 is 0 Å². The average Bonchev–Trinajstić information content (AvgIpc) is 2.26. The SMILES string of the molecule is CC(/C=C/c1ccc(C(F)(F)F)cc1)=C\C=O. The van der Waals surface area contributed by atoms with Gasteiger partial charge in [-0.15, -0.1) is 0 Å². The van der Waals surface area contributed by atoms with Crippen LogP contribution in [-0.2, 0) is 11.0 Å². The van der Waals surface area contributed by atoms with Gasteiger partial charge in [-0.05, 0) is 36.3 Å². The molecule has 1 aromatic carbocycles. The Morgan fingerprint density at radius 1 is 1.18 bits per heavy atom. The van der Waals surface area contributed by atoms with Gasteiger partial charge >= 0.3 is 6.18 Å². The second kappa shape index (κ2) is 5.48. The van der Waals surface area contributed by atoms with Crippen molar-refractivity contribution in [3.05, 3.63) is 53.1 Å². The lowest BCUT2D eigenvalue weighted by atomic mass is 10.1.